The second-order valence-corrected chi connectivity index (χ2v) is 9.39. The van der Waals surface area contributed by atoms with Gasteiger partial charge >= 0.3 is 12.1 Å². The van der Waals surface area contributed by atoms with Crippen molar-refractivity contribution in [3.63, 3.8) is 0 Å². The minimum Gasteiger partial charge on any atom is -0.491 e. The van der Waals surface area contributed by atoms with Gasteiger partial charge in [-0.3, -0.25) is 4.79 Å². The van der Waals surface area contributed by atoms with Crippen LogP contribution in [0.3, 0.4) is 0 Å². The topological polar surface area (TPSA) is 114 Å². The molecule has 0 radical (unpaired) electrons. The molecule has 0 heterocycles. The molecule has 0 bridgehead atoms. The highest BCUT2D eigenvalue weighted by Crippen LogP contribution is 2.32. The lowest BCUT2D eigenvalue weighted by molar-refractivity contribution is -0.137. The fraction of sp³-hybridized carbons (Fsp3) is 0.375. The summed E-state index contributed by atoms with van der Waals surface area (Å²) in [6.07, 6.45) is -4.48. The Morgan fingerprint density at radius 3 is 1.84 bits per heavy atom. The average Bonchev–Trinajstić information content (AvgIpc) is 3.01. The molecule has 3 aromatic rings. The Kier molecular flexibility index (Phi) is 15.1. The van der Waals surface area contributed by atoms with Gasteiger partial charge in [0.25, 0.3) is 0 Å². The number of anilines is 3. The number of hydrogen-bond donors (Lipinski definition) is 2. The van der Waals surface area contributed by atoms with Crippen molar-refractivity contribution in [2.75, 3.05) is 76.7 Å². The first-order valence-corrected chi connectivity index (χ1v) is 14.2. The van der Waals surface area contributed by atoms with Crippen LogP contribution in [0, 0.1) is 0 Å². The second-order valence-electron chi connectivity index (χ2n) is 9.39. The number of ether oxygens (including phenoxy) is 6. The molecule has 0 aromatic heterocycles. The summed E-state index contributed by atoms with van der Waals surface area (Å²) in [4.78, 5) is 23.6. The normalized spacial score (nSPS) is 11.2. The summed E-state index contributed by atoms with van der Waals surface area (Å²) < 4.78 is 71.6. The molecule has 0 aliphatic rings. The van der Waals surface area contributed by atoms with Crippen LogP contribution in [-0.4, -0.2) is 77.9 Å². The summed E-state index contributed by atoms with van der Waals surface area (Å²) in [5.41, 5.74) is 0.605. The van der Waals surface area contributed by atoms with E-state index in [4.69, 9.17) is 28.4 Å². The molecule has 13 heteroatoms. The van der Waals surface area contributed by atoms with E-state index in [1.807, 2.05) is 0 Å². The van der Waals surface area contributed by atoms with Crippen LogP contribution < -0.4 is 15.4 Å². The van der Waals surface area contributed by atoms with Gasteiger partial charge in [0.2, 0.25) is 5.91 Å². The van der Waals surface area contributed by atoms with Crippen LogP contribution >= 0.6 is 0 Å². The molecular weight excluding hydrogens is 597 g/mol. The average molecular weight is 635 g/mol. The molecule has 1 amide bonds. The zero-order chi connectivity index (χ0) is 32.3. The predicted molar refractivity (Wildman–Crippen MR) is 161 cm³/mol. The number of carbonyl (C=O) groups is 2. The summed E-state index contributed by atoms with van der Waals surface area (Å²) in [7, 11) is 0. The van der Waals surface area contributed by atoms with Gasteiger partial charge in [0.15, 0.2) is 0 Å². The van der Waals surface area contributed by atoms with Crippen molar-refractivity contribution in [2.45, 2.75) is 13.1 Å². The molecule has 0 aliphatic carbocycles. The lowest BCUT2D eigenvalue weighted by atomic mass is 10.1. The van der Waals surface area contributed by atoms with Crippen molar-refractivity contribution in [3.8, 4) is 5.75 Å². The van der Waals surface area contributed by atoms with E-state index in [-0.39, 0.29) is 30.4 Å². The molecule has 0 fully saturated rings. The van der Waals surface area contributed by atoms with E-state index in [0.29, 0.717) is 70.0 Å². The van der Waals surface area contributed by atoms with Crippen LogP contribution in [0.5, 0.6) is 5.75 Å². The van der Waals surface area contributed by atoms with Gasteiger partial charge in [-0.25, -0.2) is 4.79 Å². The number of amides is 1. The first kappa shape index (κ1) is 35.3. The number of para-hydroxylation sites is 1. The monoisotopic (exact) mass is 634 g/mol. The molecule has 244 valence electrons. The Labute approximate surface area is 259 Å². The Morgan fingerprint density at radius 1 is 0.667 bits per heavy atom. The van der Waals surface area contributed by atoms with Gasteiger partial charge in [-0.05, 0) is 54.6 Å². The van der Waals surface area contributed by atoms with Crippen LogP contribution in [0.1, 0.15) is 22.8 Å². The first-order valence-electron chi connectivity index (χ1n) is 14.2. The zero-order valence-electron chi connectivity index (χ0n) is 24.9. The summed E-state index contributed by atoms with van der Waals surface area (Å²) in [6.45, 7) is 4.62. The summed E-state index contributed by atoms with van der Waals surface area (Å²) in [6, 6.07) is 18.2. The van der Waals surface area contributed by atoms with Crippen LogP contribution in [0.2, 0.25) is 0 Å². The maximum atomic E-state index is 13.0. The van der Waals surface area contributed by atoms with E-state index in [2.05, 4.69) is 10.6 Å². The number of alkyl halides is 3. The SMILES string of the molecule is CC(=O)Nc1ccc(OCCOCCOCCOCCOCCOC(=O)c2ccccc2Nc2cccc(C(F)(F)F)c2)cc1. The van der Waals surface area contributed by atoms with Crippen molar-refractivity contribution >= 4 is 28.9 Å². The fourth-order valence-electron chi connectivity index (χ4n) is 3.79. The Morgan fingerprint density at radius 2 is 1.24 bits per heavy atom. The Balaban J connectivity index is 1.16. The lowest BCUT2D eigenvalue weighted by Gasteiger charge is -2.13. The van der Waals surface area contributed by atoms with Crippen LogP contribution in [0.4, 0.5) is 30.2 Å². The first-order chi connectivity index (χ1) is 21.7. The van der Waals surface area contributed by atoms with E-state index in [0.717, 1.165) is 12.1 Å². The Hall–Kier alpha value is -4.17. The summed E-state index contributed by atoms with van der Waals surface area (Å²) >= 11 is 0. The van der Waals surface area contributed by atoms with Gasteiger partial charge in [0, 0.05) is 18.3 Å². The molecule has 45 heavy (non-hydrogen) atoms. The smallest absolute Gasteiger partial charge is 0.416 e. The molecule has 0 aliphatic heterocycles. The summed E-state index contributed by atoms with van der Waals surface area (Å²) in [5, 5.41) is 5.54. The minimum atomic E-state index is -4.48. The van der Waals surface area contributed by atoms with Crippen molar-refractivity contribution in [1.29, 1.82) is 0 Å². The van der Waals surface area contributed by atoms with Crippen molar-refractivity contribution < 1.29 is 51.2 Å². The van der Waals surface area contributed by atoms with E-state index in [9.17, 15) is 22.8 Å². The molecule has 10 nitrogen and oxygen atoms in total. The molecule has 3 aromatic carbocycles. The van der Waals surface area contributed by atoms with E-state index >= 15 is 0 Å². The maximum absolute atomic E-state index is 13.0. The van der Waals surface area contributed by atoms with Crippen LogP contribution in [-0.2, 0) is 34.7 Å². The second kappa shape index (κ2) is 19.3. The number of benzene rings is 3. The standard InChI is InChI=1S/C32H37F3N2O8/c1-24(38)36-26-9-11-28(12-10-26)44-21-19-42-17-15-40-13-14-41-16-18-43-20-22-45-31(39)29-7-2-3-8-30(29)37-27-6-4-5-25(23-27)32(33,34)35/h2-12,23,37H,13-22H2,1H3,(H,36,38). The van der Waals surface area contributed by atoms with Crippen molar-refractivity contribution in [2.24, 2.45) is 0 Å². The third kappa shape index (κ3) is 14.0. The highest BCUT2D eigenvalue weighted by molar-refractivity contribution is 5.96. The maximum Gasteiger partial charge on any atom is 0.416 e. The van der Waals surface area contributed by atoms with Crippen molar-refractivity contribution in [1.82, 2.24) is 0 Å². The summed E-state index contributed by atoms with van der Waals surface area (Å²) in [5.74, 6) is -0.0829. The fourth-order valence-corrected chi connectivity index (χ4v) is 3.79. The molecular formula is C32H37F3N2O8. The van der Waals surface area contributed by atoms with Crippen molar-refractivity contribution in [3.05, 3.63) is 83.9 Å². The number of esters is 1. The third-order valence-electron chi connectivity index (χ3n) is 5.86. The van der Waals surface area contributed by atoms with Gasteiger partial charge in [-0.2, -0.15) is 13.2 Å². The third-order valence-corrected chi connectivity index (χ3v) is 5.86. The lowest BCUT2D eigenvalue weighted by Crippen LogP contribution is -2.15. The van der Waals surface area contributed by atoms with Gasteiger partial charge < -0.3 is 39.1 Å². The van der Waals surface area contributed by atoms with E-state index < -0.39 is 17.7 Å². The highest BCUT2D eigenvalue weighted by Gasteiger charge is 2.30. The molecule has 3 rings (SSSR count). The predicted octanol–water partition coefficient (Wildman–Crippen LogP) is 5.71. The molecule has 0 spiro atoms. The molecule has 2 N–H and O–H groups in total. The zero-order valence-corrected chi connectivity index (χ0v) is 24.9. The van der Waals surface area contributed by atoms with Gasteiger partial charge in [-0.1, -0.05) is 18.2 Å². The number of rotatable bonds is 20. The highest BCUT2D eigenvalue weighted by atomic mass is 19.4. The molecule has 0 atom stereocenters. The largest absolute Gasteiger partial charge is 0.491 e. The Bertz CT molecular complexity index is 1320. The van der Waals surface area contributed by atoms with Crippen LogP contribution in [0.25, 0.3) is 0 Å². The molecule has 0 unspecified atom stereocenters. The molecule has 0 saturated carbocycles. The van der Waals surface area contributed by atoms with E-state index in [1.54, 1.807) is 42.5 Å². The number of nitrogens with one attached hydrogen (secondary N) is 2. The number of carbonyl (C=O) groups excluding carboxylic acids is 2. The van der Waals surface area contributed by atoms with Gasteiger partial charge in [0.1, 0.15) is 19.0 Å². The van der Waals surface area contributed by atoms with Gasteiger partial charge in [-0.15, -0.1) is 0 Å². The van der Waals surface area contributed by atoms with Crippen LogP contribution in [0.15, 0.2) is 72.8 Å². The minimum absolute atomic E-state index is 0.00421. The van der Waals surface area contributed by atoms with E-state index in [1.165, 1.54) is 25.1 Å². The number of halogens is 3. The quantitative estimate of drug-likeness (QED) is 0.119. The number of hydrogen-bond acceptors (Lipinski definition) is 9. The van der Waals surface area contributed by atoms with Gasteiger partial charge in [0.05, 0.1) is 69.7 Å². The molecule has 0 saturated heterocycles.